The molecule has 1 atom stereocenters. The molecule has 6 heteroatoms. The van der Waals surface area contributed by atoms with E-state index in [1.807, 2.05) is 37.2 Å². The Kier molecular flexibility index (Phi) is 8.86. The number of hydrogen-bond donors (Lipinski definition) is 2. The van der Waals surface area contributed by atoms with Crippen molar-refractivity contribution in [2.24, 2.45) is 10.4 Å². The number of nitrogens with one attached hydrogen (secondary N) is 1. The van der Waals surface area contributed by atoms with E-state index < -0.39 is 0 Å². The van der Waals surface area contributed by atoms with Crippen LogP contribution < -0.4 is 5.32 Å². The van der Waals surface area contributed by atoms with E-state index in [4.69, 9.17) is 4.74 Å². The van der Waals surface area contributed by atoms with Gasteiger partial charge in [0.1, 0.15) is 0 Å². The molecule has 23 heavy (non-hydrogen) atoms. The van der Waals surface area contributed by atoms with Gasteiger partial charge in [-0.3, -0.25) is 0 Å². The highest BCUT2D eigenvalue weighted by Gasteiger charge is 2.34. The van der Waals surface area contributed by atoms with E-state index in [9.17, 15) is 5.11 Å². The van der Waals surface area contributed by atoms with Crippen LogP contribution in [-0.4, -0.2) is 56.4 Å². The zero-order valence-electron chi connectivity index (χ0n) is 14.0. The first-order valence-corrected chi connectivity index (χ1v) is 7.83. The van der Waals surface area contributed by atoms with Crippen molar-refractivity contribution in [1.29, 1.82) is 0 Å². The van der Waals surface area contributed by atoms with Gasteiger partial charge in [0, 0.05) is 39.3 Å². The van der Waals surface area contributed by atoms with Gasteiger partial charge in [0.15, 0.2) is 5.96 Å². The fourth-order valence-electron chi connectivity index (χ4n) is 2.68. The molecule has 130 valence electrons. The number of aliphatic hydroxyl groups excluding tert-OH is 1. The van der Waals surface area contributed by atoms with Crippen molar-refractivity contribution < 1.29 is 9.84 Å². The van der Waals surface area contributed by atoms with Crippen molar-refractivity contribution in [3.63, 3.8) is 0 Å². The molecule has 1 aromatic rings. The van der Waals surface area contributed by atoms with Crippen LogP contribution in [0.3, 0.4) is 0 Å². The van der Waals surface area contributed by atoms with Gasteiger partial charge in [0.25, 0.3) is 0 Å². The van der Waals surface area contributed by atoms with Gasteiger partial charge in [-0.25, -0.2) is 4.99 Å². The molecule has 1 fully saturated rings. The molecule has 1 unspecified atom stereocenters. The molecule has 0 radical (unpaired) electrons. The largest absolute Gasteiger partial charge is 0.396 e. The van der Waals surface area contributed by atoms with Crippen LogP contribution in [0.4, 0.5) is 0 Å². The maximum absolute atomic E-state index is 9.29. The van der Waals surface area contributed by atoms with E-state index in [-0.39, 0.29) is 36.0 Å². The lowest BCUT2D eigenvalue weighted by molar-refractivity contribution is 0.127. The molecule has 1 aromatic carbocycles. The van der Waals surface area contributed by atoms with Crippen LogP contribution in [0, 0.1) is 5.41 Å². The summed E-state index contributed by atoms with van der Waals surface area (Å²) >= 11 is 0. The van der Waals surface area contributed by atoms with Crippen LogP contribution in [0.2, 0.25) is 0 Å². The first kappa shape index (κ1) is 20.2. The van der Waals surface area contributed by atoms with Crippen LogP contribution in [0.1, 0.15) is 18.4 Å². The summed E-state index contributed by atoms with van der Waals surface area (Å²) in [5, 5.41) is 12.7. The van der Waals surface area contributed by atoms with Gasteiger partial charge < -0.3 is 20.1 Å². The molecule has 0 amide bonds. The lowest BCUT2D eigenvalue weighted by atomic mass is 9.84. The van der Waals surface area contributed by atoms with Gasteiger partial charge in [-0.2, -0.15) is 0 Å². The van der Waals surface area contributed by atoms with Gasteiger partial charge in [-0.15, -0.1) is 24.0 Å². The topological polar surface area (TPSA) is 57.1 Å². The SMILES string of the molecule is CN(C)C(=NCc1ccccc1)NCC1(CCO)CCOC1.I. The molecule has 1 saturated heterocycles. The summed E-state index contributed by atoms with van der Waals surface area (Å²) in [5.74, 6) is 0.869. The summed E-state index contributed by atoms with van der Waals surface area (Å²) in [7, 11) is 3.97. The van der Waals surface area contributed by atoms with E-state index in [2.05, 4.69) is 22.4 Å². The molecule has 5 nitrogen and oxygen atoms in total. The zero-order chi connectivity index (χ0) is 15.8. The average Bonchev–Trinajstić information content (AvgIpc) is 2.97. The summed E-state index contributed by atoms with van der Waals surface area (Å²) < 4.78 is 5.53. The van der Waals surface area contributed by atoms with Crippen LogP contribution >= 0.6 is 24.0 Å². The van der Waals surface area contributed by atoms with Crippen molar-refractivity contribution in [3.05, 3.63) is 35.9 Å². The van der Waals surface area contributed by atoms with Crippen molar-refractivity contribution in [2.45, 2.75) is 19.4 Å². The van der Waals surface area contributed by atoms with Crippen molar-refractivity contribution in [3.8, 4) is 0 Å². The Balaban J connectivity index is 0.00000264. The van der Waals surface area contributed by atoms with Gasteiger partial charge in [0.05, 0.1) is 13.2 Å². The third-order valence-electron chi connectivity index (χ3n) is 4.13. The Morgan fingerprint density at radius 3 is 2.65 bits per heavy atom. The number of halogens is 1. The number of benzene rings is 1. The lowest BCUT2D eigenvalue weighted by Gasteiger charge is -2.29. The number of nitrogens with zero attached hydrogens (tertiary/aromatic N) is 2. The summed E-state index contributed by atoms with van der Waals surface area (Å²) in [6.07, 6.45) is 1.75. The number of rotatable bonds is 6. The van der Waals surface area contributed by atoms with E-state index in [1.165, 1.54) is 5.56 Å². The standard InChI is InChI=1S/C17H27N3O2.HI/c1-20(2)16(18-12-15-6-4-3-5-7-15)19-13-17(8-10-21)9-11-22-14-17;/h3-7,21H,8-14H2,1-2H3,(H,18,19);1H. The average molecular weight is 433 g/mol. The Morgan fingerprint density at radius 2 is 2.09 bits per heavy atom. The van der Waals surface area contributed by atoms with E-state index >= 15 is 0 Å². The maximum atomic E-state index is 9.29. The third-order valence-corrected chi connectivity index (χ3v) is 4.13. The van der Waals surface area contributed by atoms with E-state index in [0.717, 1.165) is 32.0 Å². The molecular weight excluding hydrogens is 405 g/mol. The Hall–Kier alpha value is -0.860. The summed E-state index contributed by atoms with van der Waals surface area (Å²) in [5.41, 5.74) is 1.22. The minimum atomic E-state index is 0. The fraction of sp³-hybridized carbons (Fsp3) is 0.588. The number of ether oxygens (including phenoxy) is 1. The predicted octanol–water partition coefficient (Wildman–Crippen LogP) is 2.10. The molecule has 0 spiro atoms. The highest BCUT2D eigenvalue weighted by molar-refractivity contribution is 14.0. The van der Waals surface area contributed by atoms with Crippen LogP contribution in [0.25, 0.3) is 0 Å². The van der Waals surface area contributed by atoms with Gasteiger partial charge in [-0.1, -0.05) is 30.3 Å². The molecule has 0 aromatic heterocycles. The summed E-state index contributed by atoms with van der Waals surface area (Å²) in [6, 6.07) is 10.2. The van der Waals surface area contributed by atoms with E-state index in [1.54, 1.807) is 0 Å². The smallest absolute Gasteiger partial charge is 0.193 e. The van der Waals surface area contributed by atoms with Crippen molar-refractivity contribution >= 4 is 29.9 Å². The second kappa shape index (κ2) is 10.1. The molecule has 1 aliphatic heterocycles. The molecule has 0 aliphatic carbocycles. The quantitative estimate of drug-likeness (QED) is 0.410. The third kappa shape index (κ3) is 6.27. The fourth-order valence-corrected chi connectivity index (χ4v) is 2.68. The molecule has 0 bridgehead atoms. The molecule has 0 saturated carbocycles. The van der Waals surface area contributed by atoms with Crippen molar-refractivity contribution in [1.82, 2.24) is 10.2 Å². The highest BCUT2D eigenvalue weighted by Crippen LogP contribution is 2.31. The minimum Gasteiger partial charge on any atom is -0.396 e. The Morgan fingerprint density at radius 1 is 1.35 bits per heavy atom. The van der Waals surface area contributed by atoms with E-state index in [0.29, 0.717) is 13.2 Å². The van der Waals surface area contributed by atoms with Gasteiger partial charge in [0.2, 0.25) is 0 Å². The number of aliphatic imine (C=N–C) groups is 1. The van der Waals surface area contributed by atoms with Gasteiger partial charge >= 0.3 is 0 Å². The monoisotopic (exact) mass is 433 g/mol. The summed E-state index contributed by atoms with van der Waals surface area (Å²) in [6.45, 7) is 3.12. The molecule has 2 N–H and O–H groups in total. The second-order valence-electron chi connectivity index (χ2n) is 6.15. The minimum absolute atomic E-state index is 0. The zero-order valence-corrected chi connectivity index (χ0v) is 16.3. The Labute approximate surface area is 156 Å². The number of hydrogen-bond acceptors (Lipinski definition) is 3. The normalized spacial score (nSPS) is 20.9. The first-order chi connectivity index (χ1) is 10.7. The lowest BCUT2D eigenvalue weighted by Crippen LogP contribution is -2.44. The number of aliphatic hydroxyl groups is 1. The van der Waals surface area contributed by atoms with Crippen LogP contribution in [0.5, 0.6) is 0 Å². The Bertz CT molecular complexity index is 474. The molecule has 2 rings (SSSR count). The first-order valence-electron chi connectivity index (χ1n) is 7.83. The summed E-state index contributed by atoms with van der Waals surface area (Å²) in [4.78, 5) is 6.67. The highest BCUT2D eigenvalue weighted by atomic mass is 127. The molecular formula is C17H28IN3O2. The van der Waals surface area contributed by atoms with Crippen LogP contribution in [-0.2, 0) is 11.3 Å². The number of guanidine groups is 1. The molecule has 1 aliphatic rings. The van der Waals surface area contributed by atoms with Crippen molar-refractivity contribution in [2.75, 3.05) is 40.5 Å². The second-order valence-corrected chi connectivity index (χ2v) is 6.15. The molecule has 1 heterocycles. The predicted molar refractivity (Wildman–Crippen MR) is 104 cm³/mol. The maximum Gasteiger partial charge on any atom is 0.193 e. The van der Waals surface area contributed by atoms with Crippen LogP contribution in [0.15, 0.2) is 35.3 Å². The van der Waals surface area contributed by atoms with Gasteiger partial charge in [-0.05, 0) is 18.4 Å².